The first-order valence-corrected chi connectivity index (χ1v) is 15.5. The van der Waals surface area contributed by atoms with E-state index < -0.39 is 6.10 Å². The van der Waals surface area contributed by atoms with E-state index in [0.29, 0.717) is 23.3 Å². The van der Waals surface area contributed by atoms with Crippen molar-refractivity contribution in [1.82, 2.24) is 19.4 Å². The van der Waals surface area contributed by atoms with Crippen molar-refractivity contribution in [2.75, 3.05) is 34.3 Å². The van der Waals surface area contributed by atoms with Gasteiger partial charge < -0.3 is 22.3 Å². The molecule has 5 atom stereocenters. The molecule has 4 aliphatic heterocycles. The zero-order valence-electron chi connectivity index (χ0n) is 25.0. The second-order valence-corrected chi connectivity index (χ2v) is 12.8. The Kier molecular flexibility index (Phi) is 8.48. The van der Waals surface area contributed by atoms with Crippen LogP contribution in [0.5, 0.6) is 5.75 Å². The minimum atomic E-state index is -0.617. The van der Waals surface area contributed by atoms with Crippen LogP contribution in [0.25, 0.3) is 31.7 Å². The Morgan fingerprint density at radius 2 is 1.98 bits per heavy atom. The summed E-state index contributed by atoms with van der Waals surface area (Å²) in [5.41, 5.74) is 4.83. The standard InChI is InChI=1S/C34H35N6O2S.ClH/c1-5-20-19-40-13-11-21(20)14-30(40)34(41)24-10-12-35-28-18-29(31(42-4)17-25(24)28)38-37-22-6-8-26-32(15-22)43-33-16-23(39(2)3)7-9-27(33)36-26;/h5-10,12,15-18,20-21,30,34,41H,1,11,13-14,19H2,2-4H3;1H/q+1;/p-1/t20?,21?,30?,34-;/m1./s1. The Morgan fingerprint density at radius 3 is 2.73 bits per heavy atom. The van der Waals surface area contributed by atoms with Crippen molar-refractivity contribution in [3.8, 4) is 16.3 Å². The van der Waals surface area contributed by atoms with Gasteiger partial charge in [0.2, 0.25) is 5.36 Å². The maximum absolute atomic E-state index is 11.6. The van der Waals surface area contributed by atoms with Gasteiger partial charge in [0, 0.05) is 36.3 Å². The van der Waals surface area contributed by atoms with Crippen LogP contribution in [0.15, 0.2) is 83.7 Å². The quantitative estimate of drug-likeness (QED) is 0.135. The van der Waals surface area contributed by atoms with Crippen LogP contribution in [-0.2, 0) is 0 Å². The number of nitrogens with zero attached hydrogens (tertiary/aromatic N) is 6. The molecule has 5 heterocycles. The molecule has 3 saturated heterocycles. The van der Waals surface area contributed by atoms with Gasteiger partial charge in [-0.25, -0.2) is 9.56 Å². The average molecular weight is 627 g/mol. The Morgan fingerprint density at radius 1 is 1.11 bits per heavy atom. The van der Waals surface area contributed by atoms with Crippen LogP contribution >= 0.6 is 11.3 Å². The number of rotatable bonds is 6. The predicted octanol–water partition coefficient (Wildman–Crippen LogP) is 3.34. The molecule has 4 unspecified atom stereocenters. The number of benzene rings is 3. The number of hydrogen-bond donors (Lipinski definition) is 1. The van der Waals surface area contributed by atoms with E-state index >= 15 is 0 Å². The van der Waals surface area contributed by atoms with E-state index in [1.165, 1.54) is 6.42 Å². The van der Waals surface area contributed by atoms with Crippen molar-refractivity contribution in [3.63, 3.8) is 0 Å². The number of halogens is 1. The molecule has 0 amide bonds. The van der Waals surface area contributed by atoms with Crippen LogP contribution in [0, 0.1) is 11.8 Å². The topological polar surface area (TPSA) is 86.2 Å². The van der Waals surface area contributed by atoms with Gasteiger partial charge in [-0.15, -0.1) is 23.0 Å². The lowest BCUT2D eigenvalue weighted by Gasteiger charge is -2.50. The van der Waals surface area contributed by atoms with Crippen molar-refractivity contribution in [3.05, 3.63) is 84.4 Å². The molecule has 5 aliphatic rings. The number of pyridine rings is 1. The smallest absolute Gasteiger partial charge is 0.201 e. The summed E-state index contributed by atoms with van der Waals surface area (Å²) < 4.78 is 8.88. The summed E-state index contributed by atoms with van der Waals surface area (Å²) in [6.07, 6.45) is 5.37. The highest BCUT2D eigenvalue weighted by molar-refractivity contribution is 7.21. The van der Waals surface area contributed by atoms with Gasteiger partial charge in [0.15, 0.2) is 0 Å². The molecule has 0 spiro atoms. The first-order valence-electron chi connectivity index (χ1n) is 14.7. The van der Waals surface area contributed by atoms with Gasteiger partial charge in [0.05, 0.1) is 45.2 Å². The lowest BCUT2D eigenvalue weighted by molar-refractivity contribution is -0.0444. The average Bonchev–Trinajstić information content (AvgIpc) is 3.04. The third kappa shape index (κ3) is 5.49. The molecule has 10 heteroatoms. The Hall–Kier alpha value is -3.76. The summed E-state index contributed by atoms with van der Waals surface area (Å²) >= 11 is 1.69. The molecule has 3 aromatic rings. The number of hydrogen-bond acceptors (Lipinski definition) is 8. The third-order valence-electron chi connectivity index (χ3n) is 9.05. The molecule has 1 aliphatic carbocycles. The number of aliphatic hydroxyl groups excluding tert-OH is 1. The summed E-state index contributed by atoms with van der Waals surface area (Å²) in [5, 5.41) is 22.8. The normalized spacial score (nSPS) is 21.9. The van der Waals surface area contributed by atoms with Gasteiger partial charge in [-0.2, -0.15) is 5.11 Å². The van der Waals surface area contributed by atoms with E-state index in [0.717, 1.165) is 67.8 Å². The van der Waals surface area contributed by atoms with Crippen molar-refractivity contribution in [1.29, 1.82) is 0 Å². The summed E-state index contributed by atoms with van der Waals surface area (Å²) in [7, 11) is 5.70. The van der Waals surface area contributed by atoms with Gasteiger partial charge in [-0.3, -0.25) is 9.88 Å². The van der Waals surface area contributed by atoms with Crippen LogP contribution in [-0.4, -0.2) is 60.3 Å². The molecule has 0 saturated carbocycles. The number of piperidine rings is 3. The lowest BCUT2D eigenvalue weighted by Crippen LogP contribution is -3.00. The van der Waals surface area contributed by atoms with Gasteiger partial charge in [-0.1, -0.05) is 6.08 Å². The predicted molar refractivity (Wildman–Crippen MR) is 173 cm³/mol. The van der Waals surface area contributed by atoms with Crippen molar-refractivity contribution in [2.45, 2.75) is 25.0 Å². The zero-order chi connectivity index (χ0) is 29.7. The van der Waals surface area contributed by atoms with Crippen LogP contribution < -0.4 is 27.1 Å². The first-order chi connectivity index (χ1) is 20.9. The Balaban J connectivity index is 0.00000343. The van der Waals surface area contributed by atoms with Crippen molar-refractivity contribution < 1.29 is 22.3 Å². The maximum Gasteiger partial charge on any atom is 0.201 e. The number of aromatic nitrogens is 2. The fraction of sp³-hybridized carbons (Fsp3) is 0.324. The van der Waals surface area contributed by atoms with E-state index in [2.05, 4.69) is 55.5 Å². The number of azo groups is 1. The fourth-order valence-electron chi connectivity index (χ4n) is 6.65. The Labute approximate surface area is 266 Å². The van der Waals surface area contributed by atoms with Crippen molar-refractivity contribution >= 4 is 43.8 Å². The molecule has 3 fully saturated rings. The minimum Gasteiger partial charge on any atom is -1.00 e. The number of ether oxygens (including phenoxy) is 1. The van der Waals surface area contributed by atoms with Crippen LogP contribution in [0.3, 0.4) is 0 Å². The van der Waals surface area contributed by atoms with Crippen LogP contribution in [0.2, 0.25) is 0 Å². The molecule has 0 radical (unpaired) electrons. The minimum absolute atomic E-state index is 0. The van der Waals surface area contributed by atoms with Gasteiger partial charge in [0.1, 0.15) is 25.5 Å². The summed E-state index contributed by atoms with van der Waals surface area (Å²) in [4.78, 5) is 13.0. The van der Waals surface area contributed by atoms with E-state index in [9.17, 15) is 5.11 Å². The highest BCUT2D eigenvalue weighted by Crippen LogP contribution is 2.43. The molecule has 8 rings (SSSR count). The first kappa shape index (κ1) is 30.3. The van der Waals surface area contributed by atoms with Gasteiger partial charge in [-0.05, 0) is 79.3 Å². The third-order valence-corrected chi connectivity index (χ3v) is 10.1. The van der Waals surface area contributed by atoms with E-state index in [1.54, 1.807) is 24.6 Å². The summed E-state index contributed by atoms with van der Waals surface area (Å²) in [6, 6.07) is 18.1. The van der Waals surface area contributed by atoms with Crippen molar-refractivity contribution in [2.24, 2.45) is 22.1 Å². The van der Waals surface area contributed by atoms with E-state index in [1.807, 2.05) is 50.5 Å². The lowest BCUT2D eigenvalue weighted by atomic mass is 9.73. The number of methoxy groups -OCH3 is 1. The molecular formula is C34H35ClN6O2S. The zero-order valence-corrected chi connectivity index (χ0v) is 26.6. The largest absolute Gasteiger partial charge is 1.00 e. The summed E-state index contributed by atoms with van der Waals surface area (Å²) in [6.45, 7) is 6.02. The molecule has 8 nitrogen and oxygen atoms in total. The monoisotopic (exact) mass is 626 g/mol. The second-order valence-electron chi connectivity index (χ2n) is 11.7. The molecule has 2 aromatic carbocycles. The SMILES string of the molecule is C=CC1CN2CCC1CC2[C@H](O)c1ccnc2cc(N=Nc3ccc4nc5ccc(=[N+](C)C)cc-5sc4c3)c(OC)cc12.[Cl-]. The number of fused-ring (bicyclic) bond motifs is 6. The maximum atomic E-state index is 11.6. The van der Waals surface area contributed by atoms with Crippen LogP contribution in [0.1, 0.15) is 24.5 Å². The molecule has 1 N–H and O–H groups in total. The van der Waals surface area contributed by atoms with E-state index in [-0.39, 0.29) is 18.4 Å². The molecule has 226 valence electrons. The molecule has 2 bridgehead atoms. The molecular weight excluding hydrogens is 592 g/mol. The highest BCUT2D eigenvalue weighted by Gasteiger charge is 2.42. The number of aliphatic hydroxyl groups is 1. The molecule has 1 aromatic heterocycles. The van der Waals surface area contributed by atoms with E-state index in [4.69, 9.17) is 9.72 Å². The molecule has 44 heavy (non-hydrogen) atoms. The van der Waals surface area contributed by atoms with Gasteiger partial charge >= 0.3 is 0 Å². The highest BCUT2D eigenvalue weighted by atomic mass is 35.5. The fourth-order valence-corrected chi connectivity index (χ4v) is 7.68. The second kappa shape index (κ2) is 12.3. The summed E-state index contributed by atoms with van der Waals surface area (Å²) in [5.74, 6) is 1.68. The van der Waals surface area contributed by atoms with Gasteiger partial charge in [0.25, 0.3) is 0 Å². The Bertz CT molecular complexity index is 1940. The van der Waals surface area contributed by atoms with Crippen LogP contribution in [0.4, 0.5) is 11.4 Å².